The molecule has 3 rings (SSSR count). The molecule has 0 bridgehead atoms. The van der Waals surface area contributed by atoms with Gasteiger partial charge in [-0.05, 0) is 30.2 Å². The molecular weight excluding hydrogens is 400 g/mol. The number of sulfonamides is 1. The normalized spacial score (nSPS) is 16.7. The molecule has 0 radical (unpaired) electrons. The molecule has 1 fully saturated rings. The highest BCUT2D eigenvalue weighted by molar-refractivity contribution is 7.91. The van der Waals surface area contributed by atoms with Crippen molar-refractivity contribution >= 4 is 25.8 Å². The average Bonchev–Trinajstić information content (AvgIpc) is 2.67. The highest BCUT2D eigenvalue weighted by Gasteiger charge is 2.27. The van der Waals surface area contributed by atoms with Crippen molar-refractivity contribution < 1.29 is 21.6 Å². The molecule has 2 aromatic rings. The lowest BCUT2D eigenvalue weighted by Gasteiger charge is -2.27. The summed E-state index contributed by atoms with van der Waals surface area (Å²) in [5.74, 6) is -0.504. The third-order valence-corrected chi connectivity index (χ3v) is 7.70. The lowest BCUT2D eigenvalue weighted by atomic mass is 10.1. The largest absolute Gasteiger partial charge is 0.337 e. The van der Waals surface area contributed by atoms with Crippen LogP contribution in [0.4, 0.5) is 0 Å². The van der Waals surface area contributed by atoms with E-state index in [9.17, 15) is 21.6 Å². The Morgan fingerprint density at radius 3 is 2.36 bits per heavy atom. The molecule has 0 aromatic heterocycles. The smallest absolute Gasteiger partial charge is 0.254 e. The molecule has 0 spiro atoms. The maximum absolute atomic E-state index is 12.8. The SMILES string of the molecule is Cc1ccc(S(=O)(=O)NCc2ccccc2)cc1C(=O)N1CCS(=O)(=O)CC1. The molecule has 150 valence electrons. The van der Waals surface area contributed by atoms with E-state index in [-0.39, 0.29) is 47.5 Å². The van der Waals surface area contributed by atoms with Crippen LogP contribution >= 0.6 is 0 Å². The summed E-state index contributed by atoms with van der Waals surface area (Å²) in [5, 5.41) is 0. The van der Waals surface area contributed by atoms with Gasteiger partial charge in [0.2, 0.25) is 10.0 Å². The number of nitrogens with one attached hydrogen (secondary N) is 1. The quantitative estimate of drug-likeness (QED) is 0.784. The Labute approximate surface area is 165 Å². The van der Waals surface area contributed by atoms with Gasteiger partial charge >= 0.3 is 0 Å². The first-order chi connectivity index (χ1) is 13.2. The van der Waals surface area contributed by atoms with Crippen LogP contribution in [-0.2, 0) is 26.4 Å². The summed E-state index contributed by atoms with van der Waals surface area (Å²) in [4.78, 5) is 14.3. The van der Waals surface area contributed by atoms with Gasteiger partial charge < -0.3 is 4.90 Å². The van der Waals surface area contributed by atoms with Gasteiger partial charge in [-0.1, -0.05) is 36.4 Å². The van der Waals surface area contributed by atoms with E-state index >= 15 is 0 Å². The van der Waals surface area contributed by atoms with Crippen LogP contribution in [0.2, 0.25) is 0 Å². The van der Waals surface area contributed by atoms with Gasteiger partial charge in [-0.25, -0.2) is 21.6 Å². The summed E-state index contributed by atoms with van der Waals surface area (Å²) in [7, 11) is -6.90. The van der Waals surface area contributed by atoms with E-state index in [1.54, 1.807) is 13.0 Å². The Balaban J connectivity index is 1.79. The molecule has 1 aliphatic rings. The van der Waals surface area contributed by atoms with Crippen molar-refractivity contribution in [3.63, 3.8) is 0 Å². The summed E-state index contributed by atoms with van der Waals surface area (Å²) in [6.45, 7) is 2.10. The highest BCUT2D eigenvalue weighted by atomic mass is 32.2. The zero-order valence-electron chi connectivity index (χ0n) is 15.5. The monoisotopic (exact) mass is 422 g/mol. The van der Waals surface area contributed by atoms with Gasteiger partial charge in [0, 0.05) is 25.2 Å². The zero-order chi connectivity index (χ0) is 20.4. The van der Waals surface area contributed by atoms with Crippen molar-refractivity contribution in [2.75, 3.05) is 24.6 Å². The van der Waals surface area contributed by atoms with Gasteiger partial charge in [0.15, 0.2) is 9.84 Å². The molecule has 9 heteroatoms. The van der Waals surface area contributed by atoms with E-state index in [2.05, 4.69) is 4.72 Å². The number of sulfone groups is 1. The number of rotatable bonds is 5. The molecule has 28 heavy (non-hydrogen) atoms. The van der Waals surface area contributed by atoms with Crippen LogP contribution in [0.5, 0.6) is 0 Å². The van der Waals surface area contributed by atoms with E-state index in [1.165, 1.54) is 17.0 Å². The van der Waals surface area contributed by atoms with Gasteiger partial charge in [-0.2, -0.15) is 0 Å². The molecular formula is C19H22N2O5S2. The van der Waals surface area contributed by atoms with Gasteiger partial charge in [-0.15, -0.1) is 0 Å². The second kappa shape index (κ2) is 8.02. The minimum absolute atomic E-state index is 0.00186. The van der Waals surface area contributed by atoms with Gasteiger partial charge in [0.25, 0.3) is 5.91 Å². The number of benzene rings is 2. The topological polar surface area (TPSA) is 101 Å². The fraction of sp³-hybridized carbons (Fsp3) is 0.316. The van der Waals surface area contributed by atoms with Gasteiger partial charge in [0.05, 0.1) is 16.4 Å². The number of aryl methyl sites for hydroxylation is 1. The number of carbonyl (C=O) groups excluding carboxylic acids is 1. The maximum atomic E-state index is 12.8. The second-order valence-corrected chi connectivity index (χ2v) is 10.8. The van der Waals surface area contributed by atoms with Crippen LogP contribution in [-0.4, -0.2) is 52.2 Å². The third-order valence-electron chi connectivity index (χ3n) is 4.69. The Bertz CT molecular complexity index is 1070. The summed E-state index contributed by atoms with van der Waals surface area (Å²) in [6, 6.07) is 13.5. The second-order valence-electron chi connectivity index (χ2n) is 6.73. The standard InChI is InChI=1S/C19H22N2O5S2/c1-15-7-8-17(28(25,26)20-14-16-5-3-2-4-6-16)13-18(15)19(22)21-9-11-27(23,24)12-10-21/h2-8,13,20H,9-12,14H2,1H3. The van der Waals surface area contributed by atoms with Gasteiger partial charge in [-0.3, -0.25) is 4.79 Å². The Kier molecular flexibility index (Phi) is 5.87. The number of hydrogen-bond donors (Lipinski definition) is 1. The first-order valence-corrected chi connectivity index (χ1v) is 12.1. The van der Waals surface area contributed by atoms with E-state index in [0.29, 0.717) is 5.56 Å². The molecule has 0 unspecified atom stereocenters. The van der Waals surface area contributed by atoms with Crippen LogP contribution in [0.3, 0.4) is 0 Å². The zero-order valence-corrected chi connectivity index (χ0v) is 17.1. The lowest BCUT2D eigenvalue weighted by molar-refractivity contribution is 0.0769. The number of amides is 1. The predicted octanol–water partition coefficient (Wildman–Crippen LogP) is 1.34. The fourth-order valence-corrected chi connectivity index (χ4v) is 5.19. The van der Waals surface area contributed by atoms with Crippen molar-refractivity contribution in [2.24, 2.45) is 0 Å². The summed E-state index contributed by atoms with van der Waals surface area (Å²) in [6.07, 6.45) is 0. The maximum Gasteiger partial charge on any atom is 0.254 e. The Hall–Kier alpha value is -2.23. The Morgan fingerprint density at radius 2 is 1.71 bits per heavy atom. The third kappa shape index (κ3) is 4.78. The number of carbonyl (C=O) groups is 1. The van der Waals surface area contributed by atoms with E-state index in [1.807, 2.05) is 30.3 Å². The number of hydrogen-bond acceptors (Lipinski definition) is 5. The molecule has 1 aliphatic heterocycles. The predicted molar refractivity (Wildman–Crippen MR) is 106 cm³/mol. The molecule has 0 saturated carbocycles. The summed E-state index contributed by atoms with van der Waals surface area (Å²) in [5.41, 5.74) is 1.73. The molecule has 0 atom stereocenters. The Morgan fingerprint density at radius 1 is 1.07 bits per heavy atom. The lowest BCUT2D eigenvalue weighted by Crippen LogP contribution is -2.44. The van der Waals surface area contributed by atoms with E-state index in [0.717, 1.165) is 5.56 Å². The molecule has 2 aromatic carbocycles. The highest BCUT2D eigenvalue weighted by Crippen LogP contribution is 2.19. The van der Waals surface area contributed by atoms with Gasteiger partial charge in [0.1, 0.15) is 0 Å². The average molecular weight is 423 g/mol. The van der Waals surface area contributed by atoms with Crippen molar-refractivity contribution in [1.29, 1.82) is 0 Å². The molecule has 1 N–H and O–H groups in total. The first-order valence-electron chi connectivity index (χ1n) is 8.82. The molecule has 1 heterocycles. The van der Waals surface area contributed by atoms with Crippen molar-refractivity contribution in [3.8, 4) is 0 Å². The minimum atomic E-state index is -3.80. The summed E-state index contributed by atoms with van der Waals surface area (Å²) < 4.78 is 51.0. The van der Waals surface area contributed by atoms with Crippen LogP contribution in [0.15, 0.2) is 53.4 Å². The molecule has 1 saturated heterocycles. The van der Waals surface area contributed by atoms with Crippen LogP contribution in [0, 0.1) is 6.92 Å². The molecule has 7 nitrogen and oxygen atoms in total. The van der Waals surface area contributed by atoms with E-state index < -0.39 is 19.9 Å². The van der Waals surface area contributed by atoms with Crippen molar-refractivity contribution in [3.05, 3.63) is 65.2 Å². The van der Waals surface area contributed by atoms with E-state index in [4.69, 9.17) is 0 Å². The minimum Gasteiger partial charge on any atom is -0.337 e. The van der Waals surface area contributed by atoms with Crippen molar-refractivity contribution in [2.45, 2.75) is 18.4 Å². The number of nitrogens with zero attached hydrogens (tertiary/aromatic N) is 1. The van der Waals surface area contributed by atoms with Crippen LogP contribution < -0.4 is 4.72 Å². The first kappa shape index (κ1) is 20.5. The van der Waals surface area contributed by atoms with Crippen LogP contribution in [0.1, 0.15) is 21.5 Å². The molecule has 1 amide bonds. The fourth-order valence-electron chi connectivity index (χ4n) is 2.94. The molecule has 0 aliphatic carbocycles. The van der Waals surface area contributed by atoms with Crippen molar-refractivity contribution in [1.82, 2.24) is 9.62 Å². The summed E-state index contributed by atoms with van der Waals surface area (Å²) >= 11 is 0. The van der Waals surface area contributed by atoms with Crippen LogP contribution in [0.25, 0.3) is 0 Å².